The van der Waals surface area contributed by atoms with Crippen molar-refractivity contribution in [2.75, 3.05) is 18.5 Å². The fourth-order valence-corrected chi connectivity index (χ4v) is 3.04. The lowest BCUT2D eigenvalue weighted by atomic mass is 9.97. The monoisotopic (exact) mass is 376 g/mol. The smallest absolute Gasteiger partial charge is 0.308 e. The van der Waals surface area contributed by atoms with Gasteiger partial charge in [0.25, 0.3) is 0 Å². The zero-order valence-corrected chi connectivity index (χ0v) is 15.9. The Bertz CT molecular complexity index is 687. The maximum atomic E-state index is 11.9. The van der Waals surface area contributed by atoms with Crippen molar-refractivity contribution < 1.29 is 24.2 Å². The molecule has 2 rings (SSSR count). The van der Waals surface area contributed by atoms with E-state index in [1.165, 1.54) is 0 Å². The van der Waals surface area contributed by atoms with Gasteiger partial charge in [-0.15, -0.1) is 0 Å². The van der Waals surface area contributed by atoms with Gasteiger partial charge in [-0.3, -0.25) is 14.4 Å². The first-order chi connectivity index (χ1) is 12.8. The van der Waals surface area contributed by atoms with Gasteiger partial charge in [-0.25, -0.2) is 0 Å². The number of fused-ring (bicyclic) bond motifs is 1. The van der Waals surface area contributed by atoms with Crippen molar-refractivity contribution in [1.29, 1.82) is 0 Å². The number of nitrogens with one attached hydrogen (secondary N) is 2. The number of carboxylic acids is 1. The van der Waals surface area contributed by atoms with Crippen LogP contribution >= 0.6 is 0 Å². The van der Waals surface area contributed by atoms with Crippen LogP contribution in [0.3, 0.4) is 0 Å². The first-order valence-corrected chi connectivity index (χ1v) is 9.40. The molecule has 1 aliphatic heterocycles. The molecule has 0 aromatic heterocycles. The highest BCUT2D eigenvalue weighted by Crippen LogP contribution is 2.26. The lowest BCUT2D eigenvalue weighted by molar-refractivity contribution is -0.142. The van der Waals surface area contributed by atoms with Gasteiger partial charge < -0.3 is 20.5 Å². The number of anilines is 1. The van der Waals surface area contributed by atoms with Crippen LogP contribution in [0, 0.1) is 11.8 Å². The summed E-state index contributed by atoms with van der Waals surface area (Å²) in [5, 5.41) is 14.7. The second-order valence-corrected chi connectivity index (χ2v) is 7.29. The molecular weight excluding hydrogens is 348 g/mol. The highest BCUT2D eigenvalue weighted by molar-refractivity contribution is 5.94. The molecule has 1 unspecified atom stereocenters. The molecule has 1 heterocycles. The topological polar surface area (TPSA) is 105 Å². The number of benzene rings is 1. The minimum Gasteiger partial charge on any atom is -0.494 e. The largest absolute Gasteiger partial charge is 0.494 e. The number of rotatable bonds is 10. The molecule has 0 radical (unpaired) electrons. The second-order valence-electron chi connectivity index (χ2n) is 7.29. The minimum atomic E-state index is -0.879. The number of aliphatic carboxylic acids is 1. The summed E-state index contributed by atoms with van der Waals surface area (Å²) in [5.41, 5.74) is 1.88. The van der Waals surface area contributed by atoms with Gasteiger partial charge in [0.05, 0.1) is 12.5 Å². The predicted octanol–water partition coefficient (Wildman–Crippen LogP) is 2.59. The zero-order valence-electron chi connectivity index (χ0n) is 15.9. The molecule has 27 heavy (non-hydrogen) atoms. The fourth-order valence-electron chi connectivity index (χ4n) is 3.04. The molecule has 0 saturated heterocycles. The number of carbonyl (C=O) groups excluding carboxylic acids is 2. The number of hydrogen-bond acceptors (Lipinski definition) is 4. The van der Waals surface area contributed by atoms with E-state index in [-0.39, 0.29) is 30.7 Å². The van der Waals surface area contributed by atoms with Gasteiger partial charge in [0.2, 0.25) is 11.8 Å². The Morgan fingerprint density at radius 2 is 2.07 bits per heavy atom. The summed E-state index contributed by atoms with van der Waals surface area (Å²) in [6.45, 7) is 4.48. The van der Waals surface area contributed by atoms with Crippen LogP contribution in [0.5, 0.6) is 5.75 Å². The van der Waals surface area contributed by atoms with Crippen LogP contribution in [0.4, 0.5) is 5.69 Å². The average Bonchev–Trinajstić information content (AvgIpc) is 2.61. The van der Waals surface area contributed by atoms with Crippen LogP contribution in [-0.2, 0) is 20.8 Å². The Morgan fingerprint density at radius 3 is 2.78 bits per heavy atom. The molecule has 0 spiro atoms. The molecular formula is C20H28N2O5. The van der Waals surface area contributed by atoms with Crippen molar-refractivity contribution in [2.45, 2.75) is 46.0 Å². The minimum absolute atomic E-state index is 0.0284. The molecule has 0 bridgehead atoms. The molecule has 2 amide bonds. The average molecular weight is 376 g/mol. The molecule has 3 N–H and O–H groups in total. The molecule has 7 heteroatoms. The molecule has 0 saturated carbocycles. The van der Waals surface area contributed by atoms with E-state index >= 15 is 0 Å². The van der Waals surface area contributed by atoms with Crippen LogP contribution in [-0.4, -0.2) is 36.0 Å². The molecule has 1 aromatic rings. The van der Waals surface area contributed by atoms with Crippen molar-refractivity contribution in [1.82, 2.24) is 5.32 Å². The Labute approximate surface area is 159 Å². The number of carboxylic acid groups (broad SMARTS) is 1. The second kappa shape index (κ2) is 9.94. The van der Waals surface area contributed by atoms with Crippen LogP contribution in [0.2, 0.25) is 0 Å². The van der Waals surface area contributed by atoms with Gasteiger partial charge in [-0.1, -0.05) is 13.8 Å². The molecule has 148 valence electrons. The molecule has 1 aliphatic rings. The number of ether oxygens (including phenoxy) is 1. The molecule has 7 nitrogen and oxygen atoms in total. The number of hydrogen-bond donors (Lipinski definition) is 3. The quantitative estimate of drug-likeness (QED) is 0.545. The van der Waals surface area contributed by atoms with E-state index in [2.05, 4.69) is 10.6 Å². The first kappa shape index (κ1) is 20.7. The van der Waals surface area contributed by atoms with Gasteiger partial charge in [-0.05, 0) is 48.9 Å². The van der Waals surface area contributed by atoms with Gasteiger partial charge in [0.1, 0.15) is 5.75 Å². The Kier molecular flexibility index (Phi) is 7.64. The molecule has 0 fully saturated rings. The molecule has 1 aromatic carbocycles. The van der Waals surface area contributed by atoms with E-state index in [0.717, 1.165) is 11.3 Å². The van der Waals surface area contributed by atoms with Crippen molar-refractivity contribution >= 4 is 23.5 Å². The van der Waals surface area contributed by atoms with Gasteiger partial charge in [0.15, 0.2) is 0 Å². The summed E-state index contributed by atoms with van der Waals surface area (Å²) in [4.78, 5) is 34.4. The Morgan fingerprint density at radius 1 is 1.30 bits per heavy atom. The number of amides is 2. The highest BCUT2D eigenvalue weighted by Gasteiger charge is 2.19. The number of carbonyl (C=O) groups is 3. The van der Waals surface area contributed by atoms with Crippen LogP contribution in [0.1, 0.15) is 45.1 Å². The number of aryl methyl sites for hydroxylation is 1. The first-order valence-electron chi connectivity index (χ1n) is 9.40. The molecule has 0 aliphatic carbocycles. The van der Waals surface area contributed by atoms with Crippen LogP contribution in [0.15, 0.2) is 18.2 Å². The lowest BCUT2D eigenvalue weighted by Gasteiger charge is -2.17. The van der Waals surface area contributed by atoms with Gasteiger partial charge in [0, 0.05) is 25.1 Å². The van der Waals surface area contributed by atoms with Crippen molar-refractivity contribution in [3.63, 3.8) is 0 Å². The van der Waals surface area contributed by atoms with Gasteiger partial charge in [-0.2, -0.15) is 0 Å². The third-order valence-corrected chi connectivity index (χ3v) is 4.44. The summed E-state index contributed by atoms with van der Waals surface area (Å²) in [6, 6.07) is 5.54. The summed E-state index contributed by atoms with van der Waals surface area (Å²) in [6.07, 6.45) is 2.54. The maximum Gasteiger partial charge on any atom is 0.308 e. The summed E-state index contributed by atoms with van der Waals surface area (Å²) < 4.78 is 5.68. The van der Waals surface area contributed by atoms with Crippen LogP contribution < -0.4 is 15.4 Å². The normalized spacial score (nSPS) is 14.3. The van der Waals surface area contributed by atoms with Crippen molar-refractivity contribution in [2.24, 2.45) is 11.8 Å². The Balaban J connectivity index is 1.68. The molecule has 1 atom stereocenters. The van der Waals surface area contributed by atoms with Crippen LogP contribution in [0.25, 0.3) is 0 Å². The summed E-state index contributed by atoms with van der Waals surface area (Å²) in [7, 11) is 0. The highest BCUT2D eigenvalue weighted by atomic mass is 16.5. The maximum absolute atomic E-state index is 11.9. The van der Waals surface area contributed by atoms with E-state index in [0.29, 0.717) is 38.0 Å². The zero-order chi connectivity index (χ0) is 19.8. The predicted molar refractivity (Wildman–Crippen MR) is 102 cm³/mol. The lowest BCUT2D eigenvalue weighted by Crippen LogP contribution is -2.33. The van der Waals surface area contributed by atoms with E-state index in [9.17, 15) is 19.5 Å². The summed E-state index contributed by atoms with van der Waals surface area (Å²) >= 11 is 0. The van der Waals surface area contributed by atoms with Gasteiger partial charge >= 0.3 is 5.97 Å². The van der Waals surface area contributed by atoms with E-state index < -0.39 is 11.9 Å². The SMILES string of the molecule is CC(C)CC(CNC(=O)CCCOc1ccc2c(c1)CCC(=O)N2)C(=O)O. The van der Waals surface area contributed by atoms with Crippen molar-refractivity contribution in [3.8, 4) is 5.75 Å². The third-order valence-electron chi connectivity index (χ3n) is 4.44. The Hall–Kier alpha value is -2.57. The van der Waals surface area contributed by atoms with Crippen molar-refractivity contribution in [3.05, 3.63) is 23.8 Å². The fraction of sp³-hybridized carbons (Fsp3) is 0.550. The van der Waals surface area contributed by atoms with E-state index in [4.69, 9.17) is 4.74 Å². The van der Waals surface area contributed by atoms with E-state index in [1.54, 1.807) is 6.07 Å². The summed E-state index contributed by atoms with van der Waals surface area (Å²) in [5.74, 6) is -0.589. The standard InChI is InChI=1S/C20H28N2O5/c1-13(2)10-15(20(25)26)12-21-18(23)4-3-9-27-16-6-7-17-14(11-16)5-8-19(24)22-17/h6-7,11,13,15H,3-5,8-10,12H2,1-2H3,(H,21,23)(H,22,24)(H,25,26). The van der Waals surface area contributed by atoms with E-state index in [1.807, 2.05) is 26.0 Å². The third kappa shape index (κ3) is 6.92.